The monoisotopic (exact) mass is 577 g/mol. The number of aromatic amines is 1. The van der Waals surface area contributed by atoms with Gasteiger partial charge in [0.15, 0.2) is 11.9 Å². The second-order valence-corrected chi connectivity index (χ2v) is 10.6. The van der Waals surface area contributed by atoms with Crippen molar-refractivity contribution in [3.05, 3.63) is 65.9 Å². The van der Waals surface area contributed by atoms with Gasteiger partial charge in [0.05, 0.1) is 12.7 Å². The van der Waals surface area contributed by atoms with Crippen LogP contribution < -0.4 is 4.74 Å². The molecule has 0 fully saturated rings. The van der Waals surface area contributed by atoms with Gasteiger partial charge in [-0.3, -0.25) is 14.4 Å². The molecule has 1 N–H and O–H groups in total. The fraction of sp³-hybridized carbons (Fsp3) is 0.471. The predicted molar refractivity (Wildman–Crippen MR) is 162 cm³/mol. The molecule has 1 aromatic heterocycles. The molecule has 226 valence electrons. The second kappa shape index (κ2) is 17.1. The first-order chi connectivity index (χ1) is 20.3. The van der Waals surface area contributed by atoms with E-state index < -0.39 is 29.7 Å². The van der Waals surface area contributed by atoms with E-state index in [1.807, 2.05) is 18.2 Å². The number of ketones is 2. The zero-order chi connectivity index (χ0) is 30.3. The minimum atomic E-state index is -1.44. The smallest absolute Gasteiger partial charge is 0.338 e. The number of benzene rings is 2. The molecule has 0 spiro atoms. The Hall–Kier alpha value is -3.94. The van der Waals surface area contributed by atoms with Crippen LogP contribution in [0.3, 0.4) is 0 Å². The molecule has 2 unspecified atom stereocenters. The number of hydrogen-bond acceptors (Lipinski definition) is 7. The molecule has 0 saturated heterocycles. The number of carbonyl (C=O) groups excluding carboxylic acids is 4. The maximum Gasteiger partial charge on any atom is 0.338 e. The van der Waals surface area contributed by atoms with E-state index in [0.29, 0.717) is 24.2 Å². The Morgan fingerprint density at radius 3 is 2.29 bits per heavy atom. The zero-order valence-corrected chi connectivity index (χ0v) is 25.0. The van der Waals surface area contributed by atoms with Gasteiger partial charge in [0.2, 0.25) is 11.9 Å². The van der Waals surface area contributed by atoms with Gasteiger partial charge < -0.3 is 19.2 Å². The van der Waals surface area contributed by atoms with Gasteiger partial charge in [-0.05, 0) is 74.6 Å². The molecule has 8 nitrogen and oxygen atoms in total. The van der Waals surface area contributed by atoms with Gasteiger partial charge in [0.1, 0.15) is 5.75 Å². The Morgan fingerprint density at radius 2 is 1.55 bits per heavy atom. The number of fused-ring (bicyclic) bond motifs is 1. The Bertz CT molecular complexity index is 1310. The van der Waals surface area contributed by atoms with Crippen LogP contribution in [-0.2, 0) is 30.3 Å². The third-order valence-corrected chi connectivity index (χ3v) is 7.30. The van der Waals surface area contributed by atoms with Crippen LogP contribution in [-0.4, -0.2) is 47.8 Å². The van der Waals surface area contributed by atoms with Gasteiger partial charge in [0, 0.05) is 29.9 Å². The van der Waals surface area contributed by atoms with E-state index in [1.165, 1.54) is 46.1 Å². The number of rotatable bonds is 19. The molecule has 0 amide bonds. The number of unbranched alkanes of at least 4 members (excludes halogenated alkanes) is 6. The lowest BCUT2D eigenvalue weighted by Crippen LogP contribution is -2.42. The molecular weight excluding hydrogens is 534 g/mol. The predicted octanol–water partition coefficient (Wildman–Crippen LogP) is 6.94. The number of carbonyl (C=O) groups is 4. The Morgan fingerprint density at radius 1 is 0.833 bits per heavy atom. The summed E-state index contributed by atoms with van der Waals surface area (Å²) in [6.07, 6.45) is 8.43. The van der Waals surface area contributed by atoms with Crippen molar-refractivity contribution in [2.75, 3.05) is 7.11 Å². The molecule has 0 bridgehead atoms. The van der Waals surface area contributed by atoms with Crippen molar-refractivity contribution in [2.45, 2.75) is 96.7 Å². The lowest BCUT2D eigenvalue weighted by molar-refractivity contribution is -0.143. The number of aryl methyl sites for hydroxylation is 1. The van der Waals surface area contributed by atoms with Gasteiger partial charge in [-0.25, -0.2) is 4.79 Å². The van der Waals surface area contributed by atoms with Crippen molar-refractivity contribution in [3.8, 4) is 5.75 Å². The lowest BCUT2D eigenvalue weighted by Gasteiger charge is -2.21. The number of nitrogens with one attached hydrogen (secondary N) is 1. The van der Waals surface area contributed by atoms with E-state index in [9.17, 15) is 19.2 Å². The highest BCUT2D eigenvalue weighted by molar-refractivity contribution is 6.08. The maximum atomic E-state index is 13.4. The van der Waals surface area contributed by atoms with Crippen molar-refractivity contribution < 1.29 is 33.4 Å². The SMILES string of the molecule is CCCCCCCCc1ccc(OC(C(=O)CCCCC(=O)OC)C(=O)C(C)OC(=O)c2ccc3[nH]ccc3c2)cc1. The van der Waals surface area contributed by atoms with Crippen molar-refractivity contribution >= 4 is 34.4 Å². The van der Waals surface area contributed by atoms with E-state index >= 15 is 0 Å². The normalized spacial score (nSPS) is 12.5. The zero-order valence-electron chi connectivity index (χ0n) is 25.0. The average molecular weight is 578 g/mol. The van der Waals surface area contributed by atoms with Crippen LogP contribution in [0.25, 0.3) is 10.9 Å². The summed E-state index contributed by atoms with van der Waals surface area (Å²) < 4.78 is 16.1. The van der Waals surface area contributed by atoms with Crippen molar-refractivity contribution in [2.24, 2.45) is 0 Å². The highest BCUT2D eigenvalue weighted by atomic mass is 16.6. The molecule has 3 rings (SSSR count). The molecule has 2 atom stereocenters. The van der Waals surface area contributed by atoms with Crippen LogP contribution in [0.4, 0.5) is 0 Å². The molecule has 8 heteroatoms. The second-order valence-electron chi connectivity index (χ2n) is 10.6. The van der Waals surface area contributed by atoms with Crippen LogP contribution in [0.15, 0.2) is 54.7 Å². The fourth-order valence-electron chi connectivity index (χ4n) is 4.74. The fourth-order valence-corrected chi connectivity index (χ4v) is 4.74. The van der Waals surface area contributed by atoms with Gasteiger partial charge in [-0.15, -0.1) is 0 Å². The minimum absolute atomic E-state index is 0.0361. The van der Waals surface area contributed by atoms with Gasteiger partial charge >= 0.3 is 11.9 Å². The highest BCUT2D eigenvalue weighted by Crippen LogP contribution is 2.20. The number of ether oxygens (including phenoxy) is 3. The lowest BCUT2D eigenvalue weighted by atomic mass is 10.0. The first kappa shape index (κ1) is 32.6. The largest absolute Gasteiger partial charge is 0.475 e. The summed E-state index contributed by atoms with van der Waals surface area (Å²) in [6.45, 7) is 3.65. The number of aromatic nitrogens is 1. The molecule has 3 aromatic rings. The molecule has 0 aliphatic rings. The maximum absolute atomic E-state index is 13.4. The van der Waals surface area contributed by atoms with E-state index in [-0.39, 0.29) is 18.8 Å². The van der Waals surface area contributed by atoms with E-state index in [1.54, 1.807) is 36.5 Å². The standard InChI is InChI=1S/C34H43NO7/c1-4-5-6-7-8-9-12-25-15-18-28(19-16-25)42-33(30(36)13-10-11-14-31(37)40-3)32(38)24(2)41-34(39)27-17-20-29-26(23-27)21-22-35-29/h15-24,33,35H,4-14H2,1-3H3. The van der Waals surface area contributed by atoms with Gasteiger partial charge in [-0.1, -0.05) is 51.2 Å². The first-order valence-electron chi connectivity index (χ1n) is 15.0. The van der Waals surface area contributed by atoms with Crippen molar-refractivity contribution in [1.29, 1.82) is 0 Å². The van der Waals surface area contributed by atoms with E-state index in [4.69, 9.17) is 9.47 Å². The van der Waals surface area contributed by atoms with Crippen LogP contribution >= 0.6 is 0 Å². The third kappa shape index (κ3) is 10.2. The summed E-state index contributed by atoms with van der Waals surface area (Å²) in [4.78, 5) is 53.9. The van der Waals surface area contributed by atoms with Crippen molar-refractivity contribution in [3.63, 3.8) is 0 Å². The molecule has 42 heavy (non-hydrogen) atoms. The third-order valence-electron chi connectivity index (χ3n) is 7.30. The number of H-pyrrole nitrogens is 1. The van der Waals surface area contributed by atoms with Gasteiger partial charge in [-0.2, -0.15) is 0 Å². The summed E-state index contributed by atoms with van der Waals surface area (Å²) in [5, 5.41) is 0.840. The summed E-state index contributed by atoms with van der Waals surface area (Å²) in [6, 6.07) is 14.3. The molecule has 1 heterocycles. The van der Waals surface area contributed by atoms with Crippen molar-refractivity contribution in [1.82, 2.24) is 4.98 Å². The number of Topliss-reactive ketones (excluding diaryl/α,β-unsaturated/α-hetero) is 2. The quantitative estimate of drug-likeness (QED) is 0.0933. The Labute approximate surface area is 248 Å². The van der Waals surface area contributed by atoms with E-state index in [2.05, 4.69) is 16.6 Å². The van der Waals surface area contributed by atoms with Crippen LogP contribution in [0.1, 0.15) is 94.0 Å². The molecule has 0 aliphatic heterocycles. The van der Waals surface area contributed by atoms with Crippen LogP contribution in [0, 0.1) is 0 Å². The first-order valence-corrected chi connectivity index (χ1v) is 15.0. The van der Waals surface area contributed by atoms with Crippen LogP contribution in [0.2, 0.25) is 0 Å². The number of methoxy groups -OCH3 is 1. The molecule has 2 aromatic carbocycles. The highest BCUT2D eigenvalue weighted by Gasteiger charge is 2.34. The number of esters is 2. The Balaban J connectivity index is 1.64. The Kier molecular flexibility index (Phi) is 13.3. The summed E-state index contributed by atoms with van der Waals surface area (Å²) >= 11 is 0. The number of hydrogen-bond donors (Lipinski definition) is 1. The minimum Gasteiger partial charge on any atom is -0.475 e. The van der Waals surface area contributed by atoms with E-state index in [0.717, 1.165) is 29.3 Å². The topological polar surface area (TPSA) is 112 Å². The summed E-state index contributed by atoms with van der Waals surface area (Å²) in [5.41, 5.74) is 2.34. The molecule has 0 saturated carbocycles. The molecule has 0 aliphatic carbocycles. The van der Waals surface area contributed by atoms with Crippen LogP contribution in [0.5, 0.6) is 5.75 Å². The summed E-state index contributed by atoms with van der Waals surface area (Å²) in [5.74, 6) is -1.70. The molecule has 0 radical (unpaired) electrons. The molecular formula is C34H43NO7. The summed E-state index contributed by atoms with van der Waals surface area (Å²) in [7, 11) is 1.31. The van der Waals surface area contributed by atoms with Gasteiger partial charge in [0.25, 0.3) is 0 Å². The average Bonchev–Trinajstić information content (AvgIpc) is 3.48.